The lowest BCUT2D eigenvalue weighted by Gasteiger charge is -2.27. The molecule has 2 aliphatic heterocycles. The minimum Gasteiger partial charge on any atom is -0.292 e. The van der Waals surface area contributed by atoms with E-state index in [9.17, 15) is 13.8 Å². The number of hydrogen-bond donors (Lipinski definition) is 0. The van der Waals surface area contributed by atoms with Crippen LogP contribution in [0.3, 0.4) is 0 Å². The number of carbonyl (C=O) groups excluding carboxylic acids is 2. The number of hydrogen-bond acceptors (Lipinski definition) is 12. The van der Waals surface area contributed by atoms with Crippen LogP contribution in [0.25, 0.3) is 22.5 Å². The van der Waals surface area contributed by atoms with Gasteiger partial charge in [-0.3, -0.25) is 33.6 Å². The number of nitrogens with zero attached hydrogens (tertiary/aromatic N) is 10. The summed E-state index contributed by atoms with van der Waals surface area (Å²) < 4.78 is 11.6. The largest absolute Gasteiger partial charge is 0.292 e. The van der Waals surface area contributed by atoms with E-state index in [4.69, 9.17) is 23.2 Å². The number of halogens is 2. The van der Waals surface area contributed by atoms with E-state index in [2.05, 4.69) is 45.9 Å². The van der Waals surface area contributed by atoms with Crippen LogP contribution in [0, 0.1) is 27.7 Å². The van der Waals surface area contributed by atoms with Crippen molar-refractivity contribution in [3.63, 3.8) is 0 Å². The molecule has 0 spiro atoms. The lowest BCUT2D eigenvalue weighted by Crippen LogP contribution is -2.39. The number of amides is 2. The Hall–Kier alpha value is -5.22. The van der Waals surface area contributed by atoms with Crippen LogP contribution in [0.4, 0.5) is 11.6 Å². The van der Waals surface area contributed by atoms with Gasteiger partial charge in [-0.05, 0) is 68.3 Å². The Morgan fingerprint density at radius 3 is 1.54 bits per heavy atom. The van der Waals surface area contributed by atoms with E-state index in [0.717, 1.165) is 50.5 Å². The molecule has 1 unspecified atom stereocenters. The summed E-state index contributed by atoms with van der Waals surface area (Å²) in [4.78, 5) is 64.1. The number of fused-ring (bicyclic) bond motifs is 2. The van der Waals surface area contributed by atoms with Crippen LogP contribution in [0.1, 0.15) is 54.4 Å². The number of rotatable bonds is 6. The van der Waals surface area contributed by atoms with Gasteiger partial charge in [0, 0.05) is 80.5 Å². The molecule has 8 heterocycles. The maximum absolute atomic E-state index is 13.0. The first-order chi connectivity index (χ1) is 27.3. The highest BCUT2D eigenvalue weighted by Crippen LogP contribution is 2.34. The second kappa shape index (κ2) is 16.7. The highest BCUT2D eigenvalue weighted by atomic mass is 35.5. The molecule has 2 aliphatic rings. The van der Waals surface area contributed by atoms with Crippen molar-refractivity contribution in [1.29, 1.82) is 0 Å². The van der Waals surface area contributed by atoms with E-state index in [0.29, 0.717) is 69.6 Å². The average Bonchev–Trinajstić information content (AvgIpc) is 3.19. The van der Waals surface area contributed by atoms with E-state index in [-0.39, 0.29) is 17.0 Å². The third-order valence-corrected chi connectivity index (χ3v) is 11.3. The van der Waals surface area contributed by atoms with Crippen molar-refractivity contribution in [1.82, 2.24) is 39.9 Å². The number of aromatic nitrogens is 8. The van der Waals surface area contributed by atoms with Gasteiger partial charge in [0.15, 0.2) is 5.16 Å². The van der Waals surface area contributed by atoms with Gasteiger partial charge in [0.05, 0.1) is 54.7 Å². The van der Waals surface area contributed by atoms with Gasteiger partial charge in [-0.2, -0.15) is 0 Å². The van der Waals surface area contributed by atoms with Crippen LogP contribution < -0.4 is 9.80 Å². The van der Waals surface area contributed by atoms with Crippen LogP contribution in [-0.2, 0) is 23.6 Å². The highest BCUT2D eigenvalue weighted by Gasteiger charge is 2.30. The average molecular weight is 840 g/mol. The van der Waals surface area contributed by atoms with E-state index in [1.807, 2.05) is 52.3 Å². The summed E-state index contributed by atoms with van der Waals surface area (Å²) in [6.07, 6.45) is 14.3. The van der Waals surface area contributed by atoms with E-state index < -0.39 is 10.8 Å². The Morgan fingerprint density at radius 2 is 1.09 bits per heavy atom. The fraction of sp³-hybridized carbons (Fsp3) is 0.250. The number of thioether (sulfide) groups is 1. The number of aryl methyl sites for hydroxylation is 4. The lowest BCUT2D eigenvalue weighted by atomic mass is 10.0. The molecule has 6 aromatic rings. The summed E-state index contributed by atoms with van der Waals surface area (Å²) in [6, 6.07) is 7.70. The summed E-state index contributed by atoms with van der Waals surface area (Å²) in [7, 11) is -1.30. The SMILES string of the molecule is CSc1ncc2c(n1)CCN(c1cc(-c3ncc(C)cc3C)c(Cl)cn1)C2=O.Cc1cnc(-c2cc(N3CCc4nc(S(C)=O)ncc4C3=O)ncc2Cl)c(C)c1. The van der Waals surface area contributed by atoms with E-state index in [1.165, 1.54) is 30.4 Å². The molecule has 13 nitrogen and oxygen atoms in total. The fourth-order valence-corrected chi connectivity index (χ4v) is 7.83. The van der Waals surface area contributed by atoms with Gasteiger partial charge < -0.3 is 0 Å². The standard InChI is InChI=1S/C20H18ClN5O2S.C20H18ClN5OS/c1-11-6-12(2)18(23-8-11)13-7-17(22-10-15(13)21)26-5-4-16-14(19(26)27)9-24-20(25-16)29(3)28;1-11-6-12(2)18(23-8-11)13-7-17(22-10-15(13)21)26-5-4-16-14(19(26)27)9-24-20(25-16)28-3/h6-10H,4-5H2,1-3H3;6-10H,4-5H2,1-3H3. The smallest absolute Gasteiger partial charge is 0.262 e. The Kier molecular flexibility index (Phi) is 11.7. The van der Waals surface area contributed by atoms with Crippen molar-refractivity contribution in [3.8, 4) is 22.5 Å². The molecule has 1 atom stereocenters. The first-order valence-electron chi connectivity index (χ1n) is 17.7. The van der Waals surface area contributed by atoms with Crippen LogP contribution in [0.5, 0.6) is 0 Å². The molecule has 0 radical (unpaired) electrons. The Bertz CT molecular complexity index is 2610. The summed E-state index contributed by atoms with van der Waals surface area (Å²) in [5.74, 6) is 0.646. The lowest BCUT2D eigenvalue weighted by molar-refractivity contribution is 0.0970. The van der Waals surface area contributed by atoms with Crippen molar-refractivity contribution in [2.75, 3.05) is 35.4 Å². The van der Waals surface area contributed by atoms with Gasteiger partial charge in [-0.15, -0.1) is 0 Å². The van der Waals surface area contributed by atoms with Crippen molar-refractivity contribution in [2.45, 2.75) is 50.8 Å². The number of pyridine rings is 4. The van der Waals surface area contributed by atoms with E-state index >= 15 is 0 Å². The quantitative estimate of drug-likeness (QED) is 0.122. The monoisotopic (exact) mass is 838 g/mol. The van der Waals surface area contributed by atoms with Crippen molar-refractivity contribution in [2.24, 2.45) is 0 Å². The maximum atomic E-state index is 13.0. The Balaban J connectivity index is 0.000000174. The van der Waals surface area contributed by atoms with Crippen LogP contribution in [0.15, 0.2) is 71.8 Å². The summed E-state index contributed by atoms with van der Waals surface area (Å²) in [5, 5.41) is 1.88. The minimum atomic E-state index is -1.30. The molecular formula is C40H36Cl2N10O3S2. The molecule has 0 bridgehead atoms. The molecular weight excluding hydrogens is 804 g/mol. The van der Waals surface area contributed by atoms with Gasteiger partial charge in [-0.25, -0.2) is 29.9 Å². The predicted octanol–water partition coefficient (Wildman–Crippen LogP) is 7.27. The predicted molar refractivity (Wildman–Crippen MR) is 223 cm³/mol. The third kappa shape index (κ3) is 8.28. The molecule has 8 rings (SSSR count). The van der Waals surface area contributed by atoms with Crippen molar-refractivity contribution < 1.29 is 13.8 Å². The normalized spacial score (nSPS) is 14.1. The van der Waals surface area contributed by atoms with Crippen LogP contribution >= 0.6 is 35.0 Å². The zero-order chi connectivity index (χ0) is 40.5. The molecule has 0 N–H and O–H groups in total. The molecule has 0 saturated heterocycles. The Labute approximate surface area is 346 Å². The van der Waals surface area contributed by atoms with Gasteiger partial charge in [0.2, 0.25) is 5.16 Å². The summed E-state index contributed by atoms with van der Waals surface area (Å²) >= 11 is 14.3. The van der Waals surface area contributed by atoms with Gasteiger partial charge >= 0.3 is 0 Å². The molecule has 57 heavy (non-hydrogen) atoms. The van der Waals surface area contributed by atoms with Crippen molar-refractivity contribution in [3.05, 3.63) is 116 Å². The van der Waals surface area contributed by atoms with Crippen LogP contribution in [-0.4, -0.2) is 81.5 Å². The second-order valence-corrected chi connectivity index (χ2v) is 16.4. The zero-order valence-electron chi connectivity index (χ0n) is 31.9. The highest BCUT2D eigenvalue weighted by molar-refractivity contribution is 7.98. The topological polar surface area (TPSA) is 161 Å². The molecule has 2 amide bonds. The second-order valence-electron chi connectivity index (χ2n) is 13.5. The van der Waals surface area contributed by atoms with Gasteiger partial charge in [-0.1, -0.05) is 47.1 Å². The molecule has 0 fully saturated rings. The van der Waals surface area contributed by atoms with Crippen molar-refractivity contribution >= 4 is 69.2 Å². The fourth-order valence-electron chi connectivity index (χ4n) is 6.65. The molecule has 0 saturated carbocycles. The maximum Gasteiger partial charge on any atom is 0.262 e. The van der Waals surface area contributed by atoms with Gasteiger partial charge in [0.1, 0.15) is 11.6 Å². The summed E-state index contributed by atoms with van der Waals surface area (Å²) in [6.45, 7) is 8.86. The zero-order valence-corrected chi connectivity index (χ0v) is 35.0. The molecule has 6 aromatic heterocycles. The summed E-state index contributed by atoms with van der Waals surface area (Å²) in [5.41, 5.74) is 9.50. The molecule has 17 heteroatoms. The number of anilines is 2. The van der Waals surface area contributed by atoms with E-state index in [1.54, 1.807) is 34.5 Å². The van der Waals surface area contributed by atoms with Gasteiger partial charge in [0.25, 0.3) is 11.8 Å². The first kappa shape index (κ1) is 40.0. The molecule has 290 valence electrons. The Morgan fingerprint density at radius 1 is 0.614 bits per heavy atom. The first-order valence-corrected chi connectivity index (χ1v) is 21.3. The minimum absolute atomic E-state index is 0.150. The van der Waals surface area contributed by atoms with Crippen LogP contribution in [0.2, 0.25) is 10.0 Å². The molecule has 0 aromatic carbocycles. The third-order valence-electron chi connectivity index (χ3n) is 9.40. The molecule has 0 aliphatic carbocycles. The number of carbonyl (C=O) groups is 2.